The van der Waals surface area contributed by atoms with E-state index in [0.29, 0.717) is 5.56 Å². The maximum absolute atomic E-state index is 10.7. The first-order chi connectivity index (χ1) is 9.15. The van der Waals surface area contributed by atoms with Crippen LogP contribution in [0.4, 0.5) is 0 Å². The number of hydrogen-bond acceptors (Lipinski definition) is 2. The molecule has 2 N–H and O–H groups in total. The summed E-state index contributed by atoms with van der Waals surface area (Å²) in [6.07, 6.45) is 3.65. The molecule has 0 aliphatic rings. The number of phenolic OH excluding ortho intramolecular Hbond substituents is 1. The molecule has 3 nitrogen and oxygen atoms in total. The highest BCUT2D eigenvalue weighted by Crippen LogP contribution is 2.20. The van der Waals surface area contributed by atoms with Crippen molar-refractivity contribution in [1.29, 1.82) is 0 Å². The van der Waals surface area contributed by atoms with Crippen LogP contribution in [0.15, 0.2) is 48.5 Å². The standard InChI is InChI=1S/C16H14O3/c17-15-9-8-13(10-14(15)11-16(18)19)7-6-12-4-2-1-3-5-12/h1-10,17H,11H2,(H,18,19). The Kier molecular flexibility index (Phi) is 3.98. The number of carboxylic acid groups (broad SMARTS) is 1. The third kappa shape index (κ3) is 3.71. The number of carboxylic acids is 1. The van der Waals surface area contributed by atoms with Crippen molar-refractivity contribution in [3.63, 3.8) is 0 Å². The average Bonchev–Trinajstić information content (AvgIpc) is 2.40. The Bertz CT molecular complexity index is 601. The van der Waals surface area contributed by atoms with Crippen molar-refractivity contribution in [3.8, 4) is 5.75 Å². The second kappa shape index (κ2) is 5.87. The highest BCUT2D eigenvalue weighted by Gasteiger charge is 2.06. The Morgan fingerprint density at radius 1 is 1.00 bits per heavy atom. The number of aliphatic carboxylic acids is 1. The van der Waals surface area contributed by atoms with E-state index in [9.17, 15) is 9.90 Å². The Morgan fingerprint density at radius 2 is 1.68 bits per heavy atom. The first kappa shape index (κ1) is 12.9. The van der Waals surface area contributed by atoms with Crippen LogP contribution >= 0.6 is 0 Å². The van der Waals surface area contributed by atoms with E-state index < -0.39 is 5.97 Å². The van der Waals surface area contributed by atoms with Gasteiger partial charge < -0.3 is 10.2 Å². The summed E-state index contributed by atoms with van der Waals surface area (Å²) >= 11 is 0. The zero-order valence-electron chi connectivity index (χ0n) is 10.3. The summed E-state index contributed by atoms with van der Waals surface area (Å²) in [6.45, 7) is 0. The second-order valence-corrected chi connectivity index (χ2v) is 4.20. The number of aromatic hydroxyl groups is 1. The van der Waals surface area contributed by atoms with Crippen molar-refractivity contribution in [2.75, 3.05) is 0 Å². The second-order valence-electron chi connectivity index (χ2n) is 4.20. The molecule has 0 spiro atoms. The number of carbonyl (C=O) groups is 1. The minimum absolute atomic E-state index is 0.0132. The number of benzene rings is 2. The van der Waals surface area contributed by atoms with Crippen molar-refractivity contribution in [3.05, 3.63) is 65.2 Å². The summed E-state index contributed by atoms with van der Waals surface area (Å²) in [5, 5.41) is 18.3. The summed E-state index contributed by atoms with van der Waals surface area (Å²) < 4.78 is 0. The molecule has 2 aromatic rings. The van der Waals surface area contributed by atoms with E-state index in [0.717, 1.165) is 11.1 Å². The summed E-state index contributed by atoms with van der Waals surface area (Å²) in [5.74, 6) is -0.946. The van der Waals surface area contributed by atoms with Gasteiger partial charge in [0.2, 0.25) is 0 Å². The lowest BCUT2D eigenvalue weighted by atomic mass is 10.1. The summed E-state index contributed by atoms with van der Waals surface area (Å²) in [5.41, 5.74) is 2.34. The molecule has 0 fully saturated rings. The van der Waals surface area contributed by atoms with Crippen LogP contribution in [0.2, 0.25) is 0 Å². The van der Waals surface area contributed by atoms with Crippen molar-refractivity contribution in [2.24, 2.45) is 0 Å². The van der Waals surface area contributed by atoms with Crippen LogP contribution in [0.5, 0.6) is 5.75 Å². The minimum atomic E-state index is -0.959. The topological polar surface area (TPSA) is 57.5 Å². The Morgan fingerprint density at radius 3 is 2.37 bits per heavy atom. The van der Waals surface area contributed by atoms with Gasteiger partial charge in [0.25, 0.3) is 0 Å². The molecule has 0 atom stereocenters. The van der Waals surface area contributed by atoms with Crippen LogP contribution in [0.1, 0.15) is 16.7 Å². The van der Waals surface area contributed by atoms with Gasteiger partial charge in [-0.1, -0.05) is 48.6 Å². The average molecular weight is 254 g/mol. The lowest BCUT2D eigenvalue weighted by molar-refractivity contribution is -0.136. The van der Waals surface area contributed by atoms with Crippen LogP contribution in [-0.4, -0.2) is 16.2 Å². The first-order valence-corrected chi connectivity index (χ1v) is 5.92. The maximum Gasteiger partial charge on any atom is 0.307 e. The highest BCUT2D eigenvalue weighted by atomic mass is 16.4. The van der Waals surface area contributed by atoms with Crippen LogP contribution in [0.3, 0.4) is 0 Å². The fourth-order valence-electron chi connectivity index (χ4n) is 1.77. The molecule has 0 amide bonds. The Hall–Kier alpha value is -2.55. The normalized spacial score (nSPS) is 10.7. The number of phenols is 1. The molecule has 0 saturated carbocycles. The smallest absolute Gasteiger partial charge is 0.307 e. The van der Waals surface area contributed by atoms with Gasteiger partial charge in [-0.2, -0.15) is 0 Å². The molecule has 0 saturated heterocycles. The molecule has 0 aliphatic heterocycles. The monoisotopic (exact) mass is 254 g/mol. The molecule has 96 valence electrons. The lowest BCUT2D eigenvalue weighted by Gasteiger charge is -2.03. The predicted octanol–water partition coefficient (Wildman–Crippen LogP) is 3.19. The zero-order valence-corrected chi connectivity index (χ0v) is 10.3. The lowest BCUT2D eigenvalue weighted by Crippen LogP contribution is -2.00. The summed E-state index contributed by atoms with van der Waals surface area (Å²) in [7, 11) is 0. The zero-order chi connectivity index (χ0) is 13.7. The molecule has 0 aromatic heterocycles. The summed E-state index contributed by atoms with van der Waals surface area (Å²) in [6, 6.07) is 14.8. The molecule has 0 heterocycles. The molecule has 2 rings (SSSR count). The van der Waals surface area contributed by atoms with Gasteiger partial charge in [-0.3, -0.25) is 4.79 Å². The van der Waals surface area contributed by atoms with E-state index in [1.807, 2.05) is 42.5 Å². The molecule has 0 bridgehead atoms. The van der Waals surface area contributed by atoms with Gasteiger partial charge in [-0.25, -0.2) is 0 Å². The molecular weight excluding hydrogens is 240 g/mol. The van der Waals surface area contributed by atoms with Gasteiger partial charge in [0.15, 0.2) is 0 Å². The third-order valence-corrected chi connectivity index (χ3v) is 2.71. The maximum atomic E-state index is 10.7. The van der Waals surface area contributed by atoms with E-state index in [4.69, 9.17) is 5.11 Å². The van der Waals surface area contributed by atoms with E-state index in [1.165, 1.54) is 6.07 Å². The number of hydrogen-bond donors (Lipinski definition) is 2. The van der Waals surface area contributed by atoms with Crippen molar-refractivity contribution < 1.29 is 15.0 Å². The quantitative estimate of drug-likeness (QED) is 0.824. The van der Waals surface area contributed by atoms with Gasteiger partial charge in [-0.15, -0.1) is 0 Å². The van der Waals surface area contributed by atoms with Gasteiger partial charge in [-0.05, 0) is 23.3 Å². The van der Waals surface area contributed by atoms with Gasteiger partial charge >= 0.3 is 5.97 Å². The summed E-state index contributed by atoms with van der Waals surface area (Å²) in [4.78, 5) is 10.7. The molecular formula is C16H14O3. The largest absolute Gasteiger partial charge is 0.508 e. The third-order valence-electron chi connectivity index (χ3n) is 2.71. The molecule has 19 heavy (non-hydrogen) atoms. The van der Waals surface area contributed by atoms with E-state index in [-0.39, 0.29) is 12.2 Å². The van der Waals surface area contributed by atoms with Crippen LogP contribution in [0, 0.1) is 0 Å². The van der Waals surface area contributed by atoms with E-state index in [2.05, 4.69) is 0 Å². The SMILES string of the molecule is O=C(O)Cc1cc(C=Cc2ccccc2)ccc1O. The van der Waals surface area contributed by atoms with Crippen molar-refractivity contribution in [1.82, 2.24) is 0 Å². The van der Waals surface area contributed by atoms with Gasteiger partial charge in [0, 0.05) is 5.56 Å². The Labute approximate surface area is 111 Å². The number of rotatable bonds is 4. The van der Waals surface area contributed by atoms with Crippen molar-refractivity contribution >= 4 is 18.1 Å². The van der Waals surface area contributed by atoms with Crippen molar-refractivity contribution in [2.45, 2.75) is 6.42 Å². The van der Waals surface area contributed by atoms with Crippen LogP contribution < -0.4 is 0 Å². The van der Waals surface area contributed by atoms with Crippen LogP contribution in [-0.2, 0) is 11.2 Å². The van der Waals surface area contributed by atoms with Gasteiger partial charge in [0.05, 0.1) is 6.42 Å². The first-order valence-electron chi connectivity index (χ1n) is 5.92. The predicted molar refractivity (Wildman–Crippen MR) is 74.8 cm³/mol. The molecule has 2 aromatic carbocycles. The fraction of sp³-hybridized carbons (Fsp3) is 0.0625. The molecule has 0 aliphatic carbocycles. The van der Waals surface area contributed by atoms with E-state index >= 15 is 0 Å². The van der Waals surface area contributed by atoms with Gasteiger partial charge in [0.1, 0.15) is 5.75 Å². The van der Waals surface area contributed by atoms with E-state index in [1.54, 1.807) is 12.1 Å². The minimum Gasteiger partial charge on any atom is -0.508 e. The highest BCUT2D eigenvalue weighted by molar-refractivity contribution is 5.74. The van der Waals surface area contributed by atoms with Crippen LogP contribution in [0.25, 0.3) is 12.2 Å². The molecule has 0 unspecified atom stereocenters. The molecule has 0 radical (unpaired) electrons. The fourth-order valence-corrected chi connectivity index (χ4v) is 1.77. The Balaban J connectivity index is 2.21. The molecule has 3 heteroatoms.